The maximum atomic E-state index is 5.93. The van der Waals surface area contributed by atoms with Crippen LogP contribution in [-0.4, -0.2) is 35.5 Å². The van der Waals surface area contributed by atoms with Crippen LogP contribution in [-0.2, 0) is 6.54 Å². The quantitative estimate of drug-likeness (QED) is 0.906. The summed E-state index contributed by atoms with van der Waals surface area (Å²) < 4.78 is 0.336. The minimum atomic E-state index is 0.336. The van der Waals surface area contributed by atoms with Crippen LogP contribution in [0.25, 0.3) is 0 Å². The van der Waals surface area contributed by atoms with Crippen molar-refractivity contribution in [1.29, 1.82) is 0 Å². The third-order valence-corrected chi connectivity index (χ3v) is 5.50. The number of rotatable bonds is 4. The van der Waals surface area contributed by atoms with Crippen molar-refractivity contribution < 1.29 is 0 Å². The van der Waals surface area contributed by atoms with Gasteiger partial charge >= 0.3 is 0 Å². The molecule has 1 aromatic rings. The van der Waals surface area contributed by atoms with E-state index < -0.39 is 0 Å². The number of benzene rings is 1. The molecule has 18 heavy (non-hydrogen) atoms. The smallest absolute Gasteiger partial charge is 0.0303 e. The Labute approximate surface area is 115 Å². The van der Waals surface area contributed by atoms with Gasteiger partial charge in [-0.3, -0.25) is 4.90 Å². The molecule has 1 aromatic carbocycles. The monoisotopic (exact) mass is 264 g/mol. The summed E-state index contributed by atoms with van der Waals surface area (Å²) in [7, 11) is 0. The van der Waals surface area contributed by atoms with Crippen molar-refractivity contribution in [3.05, 3.63) is 35.4 Å². The van der Waals surface area contributed by atoms with E-state index in [0.717, 1.165) is 13.1 Å². The Morgan fingerprint density at radius 2 is 2.06 bits per heavy atom. The summed E-state index contributed by atoms with van der Waals surface area (Å²) in [6.07, 6.45) is 4.63. The van der Waals surface area contributed by atoms with Gasteiger partial charge < -0.3 is 5.73 Å². The van der Waals surface area contributed by atoms with Gasteiger partial charge in [-0.15, -0.1) is 0 Å². The first kappa shape index (κ1) is 13.9. The van der Waals surface area contributed by atoms with Crippen molar-refractivity contribution in [1.82, 2.24) is 4.90 Å². The van der Waals surface area contributed by atoms with Crippen molar-refractivity contribution in [2.75, 3.05) is 25.9 Å². The zero-order valence-corrected chi connectivity index (χ0v) is 12.3. The first-order valence-electron chi connectivity index (χ1n) is 6.70. The fourth-order valence-electron chi connectivity index (χ4n) is 2.68. The molecule has 0 spiro atoms. The number of aryl methyl sites for hydroxylation is 1. The van der Waals surface area contributed by atoms with Crippen LogP contribution in [0, 0.1) is 6.92 Å². The molecule has 0 saturated carbocycles. The van der Waals surface area contributed by atoms with Crippen LogP contribution in [0.3, 0.4) is 0 Å². The van der Waals surface area contributed by atoms with Gasteiger partial charge in [0, 0.05) is 17.8 Å². The van der Waals surface area contributed by atoms with Crippen LogP contribution in [0.4, 0.5) is 0 Å². The molecule has 0 bridgehead atoms. The van der Waals surface area contributed by atoms with Gasteiger partial charge in [-0.1, -0.05) is 29.8 Å². The number of thioether (sulfide) groups is 1. The van der Waals surface area contributed by atoms with E-state index in [2.05, 4.69) is 42.3 Å². The van der Waals surface area contributed by atoms with Gasteiger partial charge in [0.2, 0.25) is 0 Å². The lowest BCUT2D eigenvalue weighted by Gasteiger charge is -2.40. The maximum absolute atomic E-state index is 5.93. The zero-order chi connectivity index (χ0) is 13.0. The second-order valence-corrected chi connectivity index (χ2v) is 6.63. The molecule has 1 aliphatic rings. The van der Waals surface area contributed by atoms with Crippen molar-refractivity contribution in [2.45, 2.75) is 31.1 Å². The Balaban J connectivity index is 1.91. The summed E-state index contributed by atoms with van der Waals surface area (Å²) in [4.78, 5) is 2.55. The van der Waals surface area contributed by atoms with Crippen LogP contribution in [0.1, 0.15) is 24.0 Å². The van der Waals surface area contributed by atoms with Crippen LogP contribution in [0.15, 0.2) is 24.3 Å². The maximum Gasteiger partial charge on any atom is 0.0303 e. The third-order valence-electron chi connectivity index (χ3n) is 4.06. The number of nitrogens with two attached hydrogens (primary N) is 1. The average molecular weight is 264 g/mol. The fourth-order valence-corrected chi connectivity index (χ4v) is 3.44. The highest BCUT2D eigenvalue weighted by Crippen LogP contribution is 2.33. The van der Waals surface area contributed by atoms with Crippen molar-refractivity contribution in [2.24, 2.45) is 5.73 Å². The molecule has 0 atom stereocenters. The first-order chi connectivity index (χ1) is 8.67. The van der Waals surface area contributed by atoms with Gasteiger partial charge in [-0.25, -0.2) is 0 Å². The zero-order valence-electron chi connectivity index (χ0n) is 11.5. The normalized spacial score (nSPS) is 19.9. The third kappa shape index (κ3) is 3.28. The molecule has 3 heteroatoms. The fraction of sp³-hybridized carbons (Fsp3) is 0.600. The minimum absolute atomic E-state index is 0.336. The van der Waals surface area contributed by atoms with Crippen LogP contribution >= 0.6 is 11.8 Å². The minimum Gasteiger partial charge on any atom is -0.329 e. The van der Waals surface area contributed by atoms with Gasteiger partial charge in [-0.05, 0) is 44.7 Å². The predicted molar refractivity (Wildman–Crippen MR) is 81.0 cm³/mol. The number of hydrogen-bond acceptors (Lipinski definition) is 3. The van der Waals surface area contributed by atoms with E-state index in [4.69, 9.17) is 5.73 Å². The molecule has 0 aliphatic carbocycles. The predicted octanol–water partition coefficient (Wildman–Crippen LogP) is 2.65. The first-order valence-corrected chi connectivity index (χ1v) is 7.93. The van der Waals surface area contributed by atoms with Gasteiger partial charge in [0.1, 0.15) is 0 Å². The van der Waals surface area contributed by atoms with Gasteiger partial charge in [0.05, 0.1) is 0 Å². The second kappa shape index (κ2) is 6.09. The molecule has 0 aromatic heterocycles. The molecule has 1 heterocycles. The van der Waals surface area contributed by atoms with Gasteiger partial charge in [0.25, 0.3) is 0 Å². The van der Waals surface area contributed by atoms with E-state index in [1.807, 2.05) is 11.8 Å². The van der Waals surface area contributed by atoms with Crippen LogP contribution in [0.2, 0.25) is 0 Å². The van der Waals surface area contributed by atoms with Gasteiger partial charge in [0.15, 0.2) is 0 Å². The summed E-state index contributed by atoms with van der Waals surface area (Å²) in [6.45, 7) is 6.40. The molecule has 100 valence electrons. The van der Waals surface area contributed by atoms with E-state index >= 15 is 0 Å². The summed E-state index contributed by atoms with van der Waals surface area (Å²) in [6, 6.07) is 8.83. The van der Waals surface area contributed by atoms with E-state index in [0.29, 0.717) is 4.75 Å². The molecular weight excluding hydrogens is 240 g/mol. The highest BCUT2D eigenvalue weighted by molar-refractivity contribution is 8.00. The molecule has 1 fully saturated rings. The standard InChI is InChI=1S/C15H24N2S/c1-13-4-3-5-14(10-13)11-17-8-6-15(12-16,18-2)7-9-17/h3-5,10H,6-9,11-12,16H2,1-2H3. The Hall–Kier alpha value is -0.510. The van der Waals surface area contributed by atoms with Crippen LogP contribution in [0.5, 0.6) is 0 Å². The van der Waals surface area contributed by atoms with E-state index in [9.17, 15) is 0 Å². The lowest BCUT2D eigenvalue weighted by atomic mass is 9.95. The van der Waals surface area contributed by atoms with Crippen molar-refractivity contribution in [3.63, 3.8) is 0 Å². The molecule has 1 saturated heterocycles. The molecule has 0 amide bonds. The Morgan fingerprint density at radius 1 is 1.33 bits per heavy atom. The number of piperidine rings is 1. The summed E-state index contributed by atoms with van der Waals surface area (Å²) in [5.74, 6) is 0. The highest BCUT2D eigenvalue weighted by atomic mass is 32.2. The highest BCUT2D eigenvalue weighted by Gasteiger charge is 2.32. The summed E-state index contributed by atoms with van der Waals surface area (Å²) >= 11 is 1.95. The molecule has 0 unspecified atom stereocenters. The number of nitrogens with zero attached hydrogens (tertiary/aromatic N) is 1. The van der Waals surface area contributed by atoms with Gasteiger partial charge in [-0.2, -0.15) is 11.8 Å². The summed E-state index contributed by atoms with van der Waals surface area (Å²) in [5.41, 5.74) is 8.71. The molecule has 2 rings (SSSR count). The van der Waals surface area contributed by atoms with Crippen molar-refractivity contribution >= 4 is 11.8 Å². The Bertz CT molecular complexity index is 378. The molecule has 2 N–H and O–H groups in total. The van der Waals surface area contributed by atoms with E-state index in [-0.39, 0.29) is 0 Å². The number of likely N-dealkylation sites (tertiary alicyclic amines) is 1. The average Bonchev–Trinajstić information content (AvgIpc) is 2.40. The largest absolute Gasteiger partial charge is 0.329 e. The molecule has 2 nitrogen and oxygen atoms in total. The molecule has 0 radical (unpaired) electrons. The van der Waals surface area contributed by atoms with E-state index in [1.165, 1.54) is 37.1 Å². The lowest BCUT2D eigenvalue weighted by molar-refractivity contribution is 0.195. The lowest BCUT2D eigenvalue weighted by Crippen LogP contribution is -2.46. The molecule has 1 aliphatic heterocycles. The Morgan fingerprint density at radius 3 is 2.61 bits per heavy atom. The Kier molecular flexibility index (Phi) is 4.71. The van der Waals surface area contributed by atoms with Crippen LogP contribution < -0.4 is 5.73 Å². The van der Waals surface area contributed by atoms with Crippen molar-refractivity contribution in [3.8, 4) is 0 Å². The molecular formula is C15H24N2S. The SMILES string of the molecule is CSC1(CN)CCN(Cc2cccc(C)c2)CC1. The topological polar surface area (TPSA) is 29.3 Å². The summed E-state index contributed by atoms with van der Waals surface area (Å²) in [5, 5.41) is 0. The second-order valence-electron chi connectivity index (χ2n) is 5.36. The van der Waals surface area contributed by atoms with E-state index in [1.54, 1.807) is 0 Å². The number of hydrogen-bond donors (Lipinski definition) is 1.